The number of piperidine rings is 1. The lowest BCUT2D eigenvalue weighted by molar-refractivity contribution is -0.151. The molecule has 0 aliphatic carbocycles. The van der Waals surface area contributed by atoms with Crippen LogP contribution >= 0.6 is 0 Å². The van der Waals surface area contributed by atoms with Crippen LogP contribution in [-0.2, 0) is 44.2 Å². The molecule has 0 radical (unpaired) electrons. The van der Waals surface area contributed by atoms with Gasteiger partial charge in [0.05, 0.1) is 44.1 Å². The molecule has 3 amide bonds. The summed E-state index contributed by atoms with van der Waals surface area (Å²) in [5.74, 6) is -0.663. The second-order valence-corrected chi connectivity index (χ2v) is 21.4. The normalized spacial score (nSPS) is 26.5. The van der Waals surface area contributed by atoms with Crippen molar-refractivity contribution in [1.82, 2.24) is 10.2 Å². The molecule has 5 heterocycles. The van der Waals surface area contributed by atoms with Gasteiger partial charge in [-0.3, -0.25) is 19.3 Å². The number of carbonyl (C=O) groups is 3. The lowest BCUT2D eigenvalue weighted by atomic mass is 9.82. The Hall–Kier alpha value is -4.85. The van der Waals surface area contributed by atoms with Crippen molar-refractivity contribution in [3.63, 3.8) is 0 Å². The van der Waals surface area contributed by atoms with Gasteiger partial charge < -0.3 is 34.7 Å². The number of carbonyl (C=O) groups excluding carboxylic acids is 3. The highest BCUT2D eigenvalue weighted by atomic mass is 28.4. The van der Waals surface area contributed by atoms with Crippen LogP contribution in [0.1, 0.15) is 48.4 Å². The zero-order valence-electron chi connectivity index (χ0n) is 33.5. The minimum absolute atomic E-state index is 0.00194. The molecule has 0 saturated carbocycles. The number of aliphatic hydroxyl groups is 1. The van der Waals surface area contributed by atoms with Crippen molar-refractivity contribution in [2.75, 3.05) is 41.1 Å². The van der Waals surface area contributed by atoms with E-state index in [0.717, 1.165) is 65.2 Å². The van der Waals surface area contributed by atoms with E-state index in [1.165, 1.54) is 0 Å². The minimum Gasteiger partial charge on any atom is -0.432 e. The van der Waals surface area contributed by atoms with Gasteiger partial charge in [-0.25, -0.2) is 0 Å². The summed E-state index contributed by atoms with van der Waals surface area (Å²) < 4.78 is 6.99. The van der Waals surface area contributed by atoms with Crippen molar-refractivity contribution < 1.29 is 29.0 Å². The molecule has 3 N–H and O–H groups in total. The first kappa shape index (κ1) is 38.7. The van der Waals surface area contributed by atoms with Crippen LogP contribution in [0.2, 0.25) is 18.6 Å². The van der Waals surface area contributed by atoms with E-state index in [-0.39, 0.29) is 43.3 Å². The lowest BCUT2D eigenvalue weighted by Crippen LogP contribution is -2.55. The SMILES string of the molecule is C[C@H]1[C@H]([Si](C)(C)O)[C@@H](CC(=O)N2Cc3ccccc3C[C@H]2CO)O[C@]12C(=O)N(Cc1ccc(N3CN(c4ccccc4)C4(CCNCC4)C3=O)cc1)c1ccccc12. The van der Waals surface area contributed by atoms with Crippen molar-refractivity contribution in [3.8, 4) is 0 Å². The number of fused-ring (bicyclic) bond motifs is 3. The molecular weight excluding hydrogens is 747 g/mol. The monoisotopic (exact) mass is 799 g/mol. The summed E-state index contributed by atoms with van der Waals surface area (Å²) in [5.41, 5.74) is 4.05. The Morgan fingerprint density at radius 2 is 1.53 bits per heavy atom. The highest BCUT2D eigenvalue weighted by Crippen LogP contribution is 2.60. The maximum Gasteiger partial charge on any atom is 0.264 e. The summed E-state index contributed by atoms with van der Waals surface area (Å²) in [6.07, 6.45) is 1.33. The highest BCUT2D eigenvalue weighted by molar-refractivity contribution is 6.71. The Morgan fingerprint density at radius 3 is 2.24 bits per heavy atom. The third-order valence-corrected chi connectivity index (χ3v) is 16.2. The van der Waals surface area contributed by atoms with Gasteiger partial charge in [-0.15, -0.1) is 0 Å². The second kappa shape index (κ2) is 14.8. The Morgan fingerprint density at radius 1 is 0.862 bits per heavy atom. The van der Waals surface area contributed by atoms with Crippen LogP contribution < -0.4 is 20.0 Å². The summed E-state index contributed by atoms with van der Waals surface area (Å²) in [6, 6.07) is 33.5. The number of hydrogen-bond donors (Lipinski definition) is 3. The predicted octanol–water partition coefficient (Wildman–Crippen LogP) is 5.30. The van der Waals surface area contributed by atoms with E-state index in [1.807, 2.05) is 116 Å². The van der Waals surface area contributed by atoms with Gasteiger partial charge in [0.2, 0.25) is 5.91 Å². The highest BCUT2D eigenvalue weighted by Gasteiger charge is 2.66. The molecule has 0 aromatic heterocycles. The van der Waals surface area contributed by atoms with E-state index < -0.39 is 37.0 Å². The molecule has 11 nitrogen and oxygen atoms in total. The Balaban J connectivity index is 0.974. The van der Waals surface area contributed by atoms with E-state index in [9.17, 15) is 19.5 Å². The second-order valence-electron chi connectivity index (χ2n) is 17.4. The smallest absolute Gasteiger partial charge is 0.264 e. The first-order valence-corrected chi connectivity index (χ1v) is 23.7. The molecule has 302 valence electrons. The standard InChI is InChI=1S/C46H53N5O6Si/c1-31-42(58(2,3)56)40(26-41(53)48-28-34-12-8-7-11-33(34)25-37(48)29-52)57-46(31)38-15-9-10-16-39(38)49(44(46)55)27-32-17-19-35(20-18-32)50-30-51(36-13-5-4-6-14-36)45(43(50)54)21-23-47-24-22-45/h4-20,31,37,40,42,47,52,56H,21-30H2,1-3H3/t31-,37-,40+,42-,46+/m0/s1. The van der Waals surface area contributed by atoms with Crippen LogP contribution in [0.4, 0.5) is 17.1 Å². The summed E-state index contributed by atoms with van der Waals surface area (Å²) in [5, 5.41) is 13.8. The average molecular weight is 800 g/mol. The van der Waals surface area contributed by atoms with E-state index >= 15 is 4.79 Å². The van der Waals surface area contributed by atoms with Gasteiger partial charge in [-0.1, -0.05) is 79.7 Å². The van der Waals surface area contributed by atoms with E-state index in [2.05, 4.69) is 22.3 Å². The van der Waals surface area contributed by atoms with Gasteiger partial charge >= 0.3 is 0 Å². The maximum atomic E-state index is 15.0. The minimum atomic E-state index is -3.01. The van der Waals surface area contributed by atoms with Crippen LogP contribution in [0.15, 0.2) is 103 Å². The molecule has 3 fully saturated rings. The molecular formula is C46H53N5O6Si. The van der Waals surface area contributed by atoms with Crippen molar-refractivity contribution in [2.24, 2.45) is 5.92 Å². The van der Waals surface area contributed by atoms with Gasteiger partial charge in [0.15, 0.2) is 13.9 Å². The van der Waals surface area contributed by atoms with Crippen molar-refractivity contribution in [2.45, 2.75) is 87.6 Å². The fraction of sp³-hybridized carbons (Fsp3) is 0.413. The molecule has 5 atom stereocenters. The third-order valence-electron chi connectivity index (χ3n) is 13.7. The first-order chi connectivity index (χ1) is 28.0. The molecule has 12 heteroatoms. The topological polar surface area (TPSA) is 126 Å². The molecule has 9 rings (SSSR count). The first-order valence-electron chi connectivity index (χ1n) is 20.7. The number of nitrogens with zero attached hydrogens (tertiary/aromatic N) is 4. The van der Waals surface area contributed by atoms with Crippen LogP contribution in [0.3, 0.4) is 0 Å². The number of hydrogen-bond acceptors (Lipinski definition) is 8. The summed E-state index contributed by atoms with van der Waals surface area (Å²) in [4.78, 5) is 63.0. The summed E-state index contributed by atoms with van der Waals surface area (Å²) in [7, 11) is -3.01. The van der Waals surface area contributed by atoms with Gasteiger partial charge in [-0.05, 0) is 92.5 Å². The molecule has 4 aromatic carbocycles. The Bertz CT molecular complexity index is 2210. The number of ether oxygens (including phenoxy) is 1. The van der Waals surface area contributed by atoms with Gasteiger partial charge in [0.1, 0.15) is 5.54 Å². The number of para-hydroxylation sites is 2. The molecule has 5 aliphatic heterocycles. The lowest BCUT2D eigenvalue weighted by Gasteiger charge is -2.39. The predicted molar refractivity (Wildman–Crippen MR) is 226 cm³/mol. The average Bonchev–Trinajstić information content (AvgIpc) is 3.78. The number of nitrogens with one attached hydrogen (secondary N) is 1. The molecule has 58 heavy (non-hydrogen) atoms. The molecule has 4 aromatic rings. The number of benzene rings is 4. The Kier molecular flexibility index (Phi) is 9.83. The fourth-order valence-corrected chi connectivity index (χ4v) is 13.4. The van der Waals surface area contributed by atoms with Crippen molar-refractivity contribution >= 4 is 43.1 Å². The molecule has 5 aliphatic rings. The number of anilines is 3. The van der Waals surface area contributed by atoms with Crippen LogP contribution in [-0.4, -0.2) is 84.9 Å². The van der Waals surface area contributed by atoms with Gasteiger partial charge in [0.25, 0.3) is 11.8 Å². The maximum absolute atomic E-state index is 15.0. The molecule has 3 saturated heterocycles. The van der Waals surface area contributed by atoms with Crippen LogP contribution in [0.25, 0.3) is 0 Å². The molecule has 2 spiro atoms. The quantitative estimate of drug-likeness (QED) is 0.205. The number of aliphatic hydroxyl groups excluding tert-OH is 1. The van der Waals surface area contributed by atoms with Crippen LogP contribution in [0, 0.1) is 5.92 Å². The van der Waals surface area contributed by atoms with E-state index in [0.29, 0.717) is 19.6 Å². The number of rotatable bonds is 8. The van der Waals surface area contributed by atoms with Crippen molar-refractivity contribution in [3.05, 3.63) is 125 Å². The molecule has 0 unspecified atom stereocenters. The summed E-state index contributed by atoms with van der Waals surface area (Å²) >= 11 is 0. The van der Waals surface area contributed by atoms with E-state index in [1.54, 1.807) is 9.80 Å². The van der Waals surface area contributed by atoms with Crippen molar-refractivity contribution in [1.29, 1.82) is 0 Å². The molecule has 0 bridgehead atoms. The third kappa shape index (κ3) is 6.19. The Labute approximate surface area is 341 Å². The zero-order valence-corrected chi connectivity index (χ0v) is 34.5. The van der Waals surface area contributed by atoms with Crippen LogP contribution in [0.5, 0.6) is 0 Å². The van der Waals surface area contributed by atoms with Gasteiger partial charge in [-0.2, -0.15) is 0 Å². The largest absolute Gasteiger partial charge is 0.432 e. The fourth-order valence-electron chi connectivity index (χ4n) is 10.9. The van der Waals surface area contributed by atoms with Gasteiger partial charge in [0, 0.05) is 34.9 Å². The zero-order chi connectivity index (χ0) is 40.4. The number of amides is 3. The van der Waals surface area contributed by atoms with E-state index in [4.69, 9.17) is 4.74 Å². The summed E-state index contributed by atoms with van der Waals surface area (Å²) in [6.45, 7) is 8.26.